The molecule has 0 aliphatic carbocycles. The standard InChI is InChI=1S/C22H28N2O4S/c1-4-18-6-9-19(10-7-18)17(3)23-22(25)20-8-5-16(2)21(15-20)29(26,27)24-11-13-28-14-12-24/h5-10,15,17H,4,11-14H2,1-3H3,(H,23,25)/t17-/m0/s1. The summed E-state index contributed by atoms with van der Waals surface area (Å²) in [6, 6.07) is 12.8. The highest BCUT2D eigenvalue weighted by atomic mass is 32.2. The van der Waals surface area contributed by atoms with Crippen molar-refractivity contribution in [3.8, 4) is 0 Å². The molecule has 0 saturated carbocycles. The van der Waals surface area contributed by atoms with Gasteiger partial charge in [-0.05, 0) is 49.1 Å². The minimum Gasteiger partial charge on any atom is -0.379 e. The van der Waals surface area contributed by atoms with Crippen LogP contribution in [0.5, 0.6) is 0 Å². The van der Waals surface area contributed by atoms with Crippen molar-refractivity contribution in [2.75, 3.05) is 26.3 Å². The Morgan fingerprint density at radius 3 is 2.41 bits per heavy atom. The van der Waals surface area contributed by atoms with Gasteiger partial charge < -0.3 is 10.1 Å². The number of sulfonamides is 1. The van der Waals surface area contributed by atoms with Crippen LogP contribution >= 0.6 is 0 Å². The third-order valence-corrected chi connectivity index (χ3v) is 7.31. The summed E-state index contributed by atoms with van der Waals surface area (Å²) < 4.78 is 32.7. The van der Waals surface area contributed by atoms with Crippen LogP contribution in [0.4, 0.5) is 0 Å². The van der Waals surface area contributed by atoms with Gasteiger partial charge in [0.15, 0.2) is 0 Å². The molecule has 156 valence electrons. The fourth-order valence-electron chi connectivity index (χ4n) is 3.35. The van der Waals surface area contributed by atoms with Crippen LogP contribution in [0.25, 0.3) is 0 Å². The maximum atomic E-state index is 13.0. The Morgan fingerprint density at radius 2 is 1.79 bits per heavy atom. The maximum absolute atomic E-state index is 13.0. The number of benzene rings is 2. The molecular formula is C22H28N2O4S. The summed E-state index contributed by atoms with van der Waals surface area (Å²) in [7, 11) is -3.66. The van der Waals surface area contributed by atoms with E-state index >= 15 is 0 Å². The number of rotatable bonds is 6. The fourth-order valence-corrected chi connectivity index (χ4v) is 5.01. The molecule has 1 N–H and O–H groups in total. The van der Waals surface area contributed by atoms with Crippen LogP contribution in [0.3, 0.4) is 0 Å². The van der Waals surface area contributed by atoms with E-state index in [0.717, 1.165) is 12.0 Å². The average Bonchev–Trinajstić information content (AvgIpc) is 2.74. The number of ether oxygens (including phenoxy) is 1. The van der Waals surface area contributed by atoms with E-state index in [4.69, 9.17) is 4.74 Å². The third-order valence-electron chi connectivity index (χ3n) is 5.27. The molecule has 1 heterocycles. The van der Waals surface area contributed by atoms with Crippen LogP contribution in [0.2, 0.25) is 0 Å². The monoisotopic (exact) mass is 416 g/mol. The van der Waals surface area contributed by atoms with Crippen LogP contribution in [0.1, 0.15) is 46.9 Å². The lowest BCUT2D eigenvalue weighted by molar-refractivity contribution is 0.0730. The predicted molar refractivity (Wildman–Crippen MR) is 112 cm³/mol. The van der Waals surface area contributed by atoms with Gasteiger partial charge in [-0.25, -0.2) is 8.42 Å². The number of hydrogen-bond donors (Lipinski definition) is 1. The summed E-state index contributed by atoms with van der Waals surface area (Å²) in [4.78, 5) is 13.0. The number of nitrogens with one attached hydrogen (secondary N) is 1. The molecule has 1 saturated heterocycles. The van der Waals surface area contributed by atoms with Gasteiger partial charge in [0.25, 0.3) is 5.91 Å². The number of hydrogen-bond acceptors (Lipinski definition) is 4. The summed E-state index contributed by atoms with van der Waals surface area (Å²) in [5, 5.41) is 2.96. The molecule has 0 spiro atoms. The lowest BCUT2D eigenvalue weighted by Crippen LogP contribution is -2.41. The molecule has 0 radical (unpaired) electrons. The Labute approximate surface area is 172 Å². The zero-order chi connectivity index (χ0) is 21.0. The molecule has 1 atom stereocenters. The molecule has 1 amide bonds. The first-order valence-corrected chi connectivity index (χ1v) is 11.3. The van der Waals surface area contributed by atoms with E-state index < -0.39 is 10.0 Å². The molecule has 7 heteroatoms. The van der Waals surface area contributed by atoms with E-state index in [1.807, 2.05) is 19.1 Å². The number of carbonyl (C=O) groups is 1. The van der Waals surface area contributed by atoms with Crippen molar-refractivity contribution >= 4 is 15.9 Å². The van der Waals surface area contributed by atoms with Gasteiger partial charge in [0.05, 0.1) is 24.2 Å². The normalized spacial score (nSPS) is 16.4. The maximum Gasteiger partial charge on any atom is 0.251 e. The van der Waals surface area contributed by atoms with Crippen molar-refractivity contribution < 1.29 is 17.9 Å². The summed E-state index contributed by atoms with van der Waals surface area (Å²) in [5.74, 6) is -0.296. The second-order valence-electron chi connectivity index (χ2n) is 7.29. The molecule has 3 rings (SSSR count). The molecule has 0 unspecified atom stereocenters. The molecule has 1 aliphatic heterocycles. The highest BCUT2D eigenvalue weighted by molar-refractivity contribution is 7.89. The Balaban J connectivity index is 1.79. The minimum atomic E-state index is -3.66. The molecule has 2 aromatic rings. The van der Waals surface area contributed by atoms with Crippen molar-refractivity contribution in [3.05, 3.63) is 64.7 Å². The topological polar surface area (TPSA) is 75.7 Å². The first kappa shape index (κ1) is 21.5. The second-order valence-corrected chi connectivity index (χ2v) is 9.19. The van der Waals surface area contributed by atoms with E-state index in [1.54, 1.807) is 19.1 Å². The number of aryl methyl sites for hydroxylation is 2. The fraction of sp³-hybridized carbons (Fsp3) is 0.409. The van der Waals surface area contributed by atoms with Crippen LogP contribution in [-0.2, 0) is 21.2 Å². The quantitative estimate of drug-likeness (QED) is 0.785. The van der Waals surface area contributed by atoms with Gasteiger partial charge in [-0.15, -0.1) is 0 Å². The smallest absolute Gasteiger partial charge is 0.251 e. The summed E-state index contributed by atoms with van der Waals surface area (Å²) in [5.41, 5.74) is 3.20. The van der Waals surface area contributed by atoms with Gasteiger partial charge in [0.1, 0.15) is 0 Å². The molecule has 1 fully saturated rings. The molecule has 6 nitrogen and oxygen atoms in total. The van der Waals surface area contributed by atoms with Gasteiger partial charge in [-0.1, -0.05) is 37.3 Å². The van der Waals surface area contributed by atoms with Crippen LogP contribution in [0, 0.1) is 6.92 Å². The lowest BCUT2D eigenvalue weighted by atomic mass is 10.0. The van der Waals surface area contributed by atoms with Crippen molar-refractivity contribution in [3.63, 3.8) is 0 Å². The van der Waals surface area contributed by atoms with E-state index in [-0.39, 0.29) is 16.8 Å². The third kappa shape index (κ3) is 4.86. The molecule has 2 aromatic carbocycles. The zero-order valence-corrected chi connectivity index (χ0v) is 18.0. The molecule has 0 aromatic heterocycles. The first-order valence-electron chi connectivity index (χ1n) is 9.91. The number of nitrogens with zero attached hydrogens (tertiary/aromatic N) is 1. The number of amides is 1. The van der Waals surface area contributed by atoms with E-state index in [2.05, 4.69) is 24.4 Å². The minimum absolute atomic E-state index is 0.173. The average molecular weight is 417 g/mol. The Hall–Kier alpha value is -2.22. The first-order chi connectivity index (χ1) is 13.8. The van der Waals surface area contributed by atoms with Crippen molar-refractivity contribution in [2.24, 2.45) is 0 Å². The zero-order valence-electron chi connectivity index (χ0n) is 17.1. The lowest BCUT2D eigenvalue weighted by Gasteiger charge is -2.27. The van der Waals surface area contributed by atoms with Crippen molar-refractivity contribution in [1.29, 1.82) is 0 Å². The number of carbonyl (C=O) groups excluding carboxylic acids is 1. The van der Waals surface area contributed by atoms with E-state index in [0.29, 0.717) is 37.4 Å². The van der Waals surface area contributed by atoms with Crippen molar-refractivity contribution in [2.45, 2.75) is 38.1 Å². The summed E-state index contributed by atoms with van der Waals surface area (Å²) in [6.45, 7) is 7.16. The second kappa shape index (κ2) is 9.07. The Bertz CT molecular complexity index is 965. The molecular weight excluding hydrogens is 388 g/mol. The highest BCUT2D eigenvalue weighted by Crippen LogP contribution is 2.23. The predicted octanol–water partition coefficient (Wildman–Crippen LogP) is 3.07. The summed E-state index contributed by atoms with van der Waals surface area (Å²) in [6.07, 6.45) is 0.963. The van der Waals surface area contributed by atoms with E-state index in [9.17, 15) is 13.2 Å². The Morgan fingerprint density at radius 1 is 1.14 bits per heavy atom. The van der Waals surface area contributed by atoms with Crippen LogP contribution in [0.15, 0.2) is 47.4 Å². The van der Waals surface area contributed by atoms with E-state index in [1.165, 1.54) is 15.9 Å². The van der Waals surface area contributed by atoms with Crippen molar-refractivity contribution in [1.82, 2.24) is 9.62 Å². The van der Waals surface area contributed by atoms with Gasteiger partial charge >= 0.3 is 0 Å². The van der Waals surface area contributed by atoms with Crippen LogP contribution in [-0.4, -0.2) is 44.9 Å². The molecule has 0 bridgehead atoms. The molecule has 1 aliphatic rings. The van der Waals surface area contributed by atoms with Gasteiger partial charge in [-0.3, -0.25) is 4.79 Å². The van der Waals surface area contributed by atoms with Gasteiger partial charge in [-0.2, -0.15) is 4.31 Å². The van der Waals surface area contributed by atoms with Crippen LogP contribution < -0.4 is 5.32 Å². The SMILES string of the molecule is CCc1ccc([C@H](C)NC(=O)c2ccc(C)c(S(=O)(=O)N3CCOCC3)c2)cc1. The summed E-state index contributed by atoms with van der Waals surface area (Å²) >= 11 is 0. The Kier molecular flexibility index (Phi) is 6.72. The highest BCUT2D eigenvalue weighted by Gasteiger charge is 2.28. The van der Waals surface area contributed by atoms with Gasteiger partial charge in [0, 0.05) is 18.7 Å². The van der Waals surface area contributed by atoms with Gasteiger partial charge in [0.2, 0.25) is 10.0 Å². The molecule has 29 heavy (non-hydrogen) atoms. The largest absolute Gasteiger partial charge is 0.379 e. The number of morpholine rings is 1.